The van der Waals surface area contributed by atoms with E-state index in [0.717, 1.165) is 32.8 Å². The largest absolute Gasteiger partial charge is 0.480 e. The molecule has 0 bridgehead atoms. The summed E-state index contributed by atoms with van der Waals surface area (Å²) in [6, 6.07) is 6.86. The Hall–Kier alpha value is -4.81. The van der Waals surface area contributed by atoms with Crippen molar-refractivity contribution in [3.8, 4) is 11.1 Å². The zero-order chi connectivity index (χ0) is 36.0. The molecule has 0 aliphatic heterocycles. The minimum absolute atomic E-state index is 0.0302. The van der Waals surface area contributed by atoms with Crippen molar-refractivity contribution in [3.63, 3.8) is 0 Å². The highest BCUT2D eigenvalue weighted by Crippen LogP contribution is 2.43. The van der Waals surface area contributed by atoms with Crippen LogP contribution in [-0.4, -0.2) is 44.5 Å². The van der Waals surface area contributed by atoms with Gasteiger partial charge >= 0.3 is 5.97 Å². The highest BCUT2D eigenvalue weighted by molar-refractivity contribution is 5.99. The molecule has 1 amide bonds. The van der Waals surface area contributed by atoms with E-state index in [2.05, 4.69) is 15.6 Å². The molecule has 0 radical (unpaired) electrons. The summed E-state index contributed by atoms with van der Waals surface area (Å²) in [5.41, 5.74) is -0.336. The topological polar surface area (TPSA) is 113 Å². The molecule has 8 nitrogen and oxygen atoms in total. The number of fused-ring (bicyclic) bond motifs is 1. The molecule has 13 heteroatoms. The van der Waals surface area contributed by atoms with Gasteiger partial charge in [-0.1, -0.05) is 25.1 Å². The molecule has 4 aromatic rings. The summed E-state index contributed by atoms with van der Waals surface area (Å²) in [5.74, 6) is -9.92. The summed E-state index contributed by atoms with van der Waals surface area (Å²) < 4.78 is 74.5. The lowest BCUT2D eigenvalue weighted by Crippen LogP contribution is -2.43. The van der Waals surface area contributed by atoms with Crippen LogP contribution in [0.5, 0.6) is 0 Å². The molecule has 260 valence electrons. The number of amides is 1. The molecule has 49 heavy (non-hydrogen) atoms. The number of aliphatic carboxylic acids is 1. The van der Waals surface area contributed by atoms with Crippen LogP contribution in [0.3, 0.4) is 0 Å². The quantitative estimate of drug-likeness (QED) is 0.135. The van der Waals surface area contributed by atoms with E-state index < -0.39 is 58.3 Å². The lowest BCUT2D eigenvalue weighted by Gasteiger charge is -2.25. The van der Waals surface area contributed by atoms with Gasteiger partial charge in [0.05, 0.1) is 22.7 Å². The summed E-state index contributed by atoms with van der Waals surface area (Å²) >= 11 is 0. The number of hydrogen-bond acceptors (Lipinski definition) is 5. The minimum atomic E-state index is -3.36. The van der Waals surface area contributed by atoms with Gasteiger partial charge < -0.3 is 20.3 Å². The maximum absolute atomic E-state index is 15.2. The lowest BCUT2D eigenvalue weighted by molar-refractivity contribution is -0.139. The van der Waals surface area contributed by atoms with E-state index in [1.54, 1.807) is 26.1 Å². The zero-order valence-corrected chi connectivity index (χ0v) is 27.6. The van der Waals surface area contributed by atoms with Gasteiger partial charge in [0.25, 0.3) is 23.3 Å². The monoisotopic (exact) mass is 684 g/mol. The Labute approximate surface area is 279 Å². The van der Waals surface area contributed by atoms with Crippen LogP contribution in [0.2, 0.25) is 0 Å². The molecule has 1 aliphatic rings. The molecule has 0 saturated heterocycles. The van der Waals surface area contributed by atoms with Crippen LogP contribution in [0.15, 0.2) is 53.5 Å². The van der Waals surface area contributed by atoms with Gasteiger partial charge in [0.15, 0.2) is 0 Å². The SMILES string of the molecule is CC[C@@H](Nc1cc(C)c(C(=O)N[C@@H](Cc2ccc(-c3c(C(C)(F)F)cc(C4CC4)n(C)c3=O)c3ncccc23)C(=O)O)c(F)c1)C(C)(F)F. The summed E-state index contributed by atoms with van der Waals surface area (Å²) in [5, 5.41) is 15.4. The van der Waals surface area contributed by atoms with Gasteiger partial charge in [0, 0.05) is 61.4 Å². The first-order valence-corrected chi connectivity index (χ1v) is 15.9. The normalized spacial score (nSPS) is 14.8. The van der Waals surface area contributed by atoms with Crippen LogP contribution in [0, 0.1) is 12.7 Å². The summed E-state index contributed by atoms with van der Waals surface area (Å²) in [4.78, 5) is 43.6. The minimum Gasteiger partial charge on any atom is -0.480 e. The first-order chi connectivity index (χ1) is 22.9. The van der Waals surface area contributed by atoms with Gasteiger partial charge in [-0.05, 0) is 67.5 Å². The summed E-state index contributed by atoms with van der Waals surface area (Å²) in [6.07, 6.45) is 2.77. The van der Waals surface area contributed by atoms with Crippen LogP contribution < -0.4 is 16.2 Å². The molecule has 2 aromatic heterocycles. The Kier molecular flexibility index (Phi) is 9.59. The van der Waals surface area contributed by atoms with Gasteiger partial charge in [-0.15, -0.1) is 0 Å². The number of pyridine rings is 2. The number of halogens is 5. The molecule has 1 saturated carbocycles. The average molecular weight is 685 g/mol. The maximum atomic E-state index is 15.2. The van der Waals surface area contributed by atoms with Crippen molar-refractivity contribution in [2.45, 2.75) is 83.2 Å². The number of nitrogens with zero attached hydrogens (tertiary/aromatic N) is 2. The number of carbonyl (C=O) groups is 2. The van der Waals surface area contributed by atoms with Crippen molar-refractivity contribution in [1.82, 2.24) is 14.9 Å². The molecule has 2 atom stereocenters. The molecule has 5 rings (SSSR count). The highest BCUT2D eigenvalue weighted by atomic mass is 19.3. The van der Waals surface area contributed by atoms with E-state index in [9.17, 15) is 28.3 Å². The number of carboxylic acid groups (broad SMARTS) is 1. The Balaban J connectivity index is 1.49. The number of aromatic nitrogens is 2. The molecular weight excluding hydrogens is 647 g/mol. The van der Waals surface area contributed by atoms with Gasteiger partial charge in [0.2, 0.25) is 0 Å². The third-order valence-corrected chi connectivity index (χ3v) is 8.97. The number of rotatable bonds is 12. The molecule has 1 aliphatic carbocycles. The fourth-order valence-electron chi connectivity index (χ4n) is 6.26. The van der Waals surface area contributed by atoms with E-state index >= 15 is 13.2 Å². The molecule has 0 unspecified atom stereocenters. The van der Waals surface area contributed by atoms with E-state index in [1.165, 1.54) is 42.0 Å². The first-order valence-electron chi connectivity index (χ1n) is 15.9. The maximum Gasteiger partial charge on any atom is 0.326 e. The number of alkyl halides is 4. The predicted molar refractivity (Wildman–Crippen MR) is 176 cm³/mol. The van der Waals surface area contributed by atoms with E-state index in [-0.39, 0.29) is 46.7 Å². The standard InChI is InChI=1S/C36H37F5N4O4/c1-6-28(36(4,40)41)43-21-14-18(2)29(25(37)16-21)32(46)44-26(34(48)49)15-20-11-12-23(31-22(20)8-7-13-42-31)30-24(35(3,38)39)17-27(19-9-10-19)45(5)33(30)47/h7-8,11-14,16-17,19,26,28,43H,6,9-10,15H2,1-5H3,(H,44,46)(H,48,49)/t26-,28+/m0/s1. The average Bonchev–Trinajstić information content (AvgIpc) is 3.85. The Morgan fingerprint density at radius 3 is 2.37 bits per heavy atom. The number of carboxylic acids is 1. The second kappa shape index (κ2) is 13.2. The van der Waals surface area contributed by atoms with Gasteiger partial charge in [0.1, 0.15) is 11.9 Å². The van der Waals surface area contributed by atoms with Gasteiger partial charge in [-0.25, -0.2) is 26.7 Å². The van der Waals surface area contributed by atoms with E-state index in [1.807, 2.05) is 0 Å². The summed E-state index contributed by atoms with van der Waals surface area (Å²) in [7, 11) is 1.54. The molecular formula is C36H37F5N4O4. The van der Waals surface area contributed by atoms with Crippen LogP contribution >= 0.6 is 0 Å². The number of carbonyl (C=O) groups excluding carboxylic acids is 1. The second-order valence-electron chi connectivity index (χ2n) is 12.8. The summed E-state index contributed by atoms with van der Waals surface area (Å²) in [6.45, 7) is 4.42. The molecule has 3 N–H and O–H groups in total. The molecule has 1 fully saturated rings. The van der Waals surface area contributed by atoms with Gasteiger partial charge in [-0.2, -0.15) is 0 Å². The number of benzene rings is 2. The Morgan fingerprint density at radius 2 is 1.80 bits per heavy atom. The fraction of sp³-hybridized carbons (Fsp3) is 0.389. The Morgan fingerprint density at radius 1 is 1.10 bits per heavy atom. The lowest BCUT2D eigenvalue weighted by atomic mass is 9.91. The highest BCUT2D eigenvalue weighted by Gasteiger charge is 2.36. The third kappa shape index (κ3) is 7.30. The third-order valence-electron chi connectivity index (χ3n) is 8.97. The van der Waals surface area contributed by atoms with Crippen LogP contribution in [0.4, 0.5) is 27.6 Å². The predicted octanol–water partition coefficient (Wildman–Crippen LogP) is 7.31. The Bertz CT molecular complexity index is 1970. The number of anilines is 1. The fourth-order valence-corrected chi connectivity index (χ4v) is 6.26. The van der Waals surface area contributed by atoms with Crippen LogP contribution in [0.25, 0.3) is 22.0 Å². The molecule has 2 aromatic carbocycles. The van der Waals surface area contributed by atoms with Crippen molar-refractivity contribution >= 4 is 28.5 Å². The van der Waals surface area contributed by atoms with Crippen molar-refractivity contribution in [1.29, 1.82) is 0 Å². The van der Waals surface area contributed by atoms with Crippen molar-refractivity contribution < 1.29 is 36.6 Å². The van der Waals surface area contributed by atoms with Crippen LogP contribution in [-0.2, 0) is 24.2 Å². The zero-order valence-electron chi connectivity index (χ0n) is 27.6. The van der Waals surface area contributed by atoms with Crippen molar-refractivity contribution in [2.24, 2.45) is 7.05 Å². The van der Waals surface area contributed by atoms with Gasteiger partial charge in [-0.3, -0.25) is 14.6 Å². The van der Waals surface area contributed by atoms with Crippen molar-refractivity contribution in [3.05, 3.63) is 92.8 Å². The molecule has 2 heterocycles. The van der Waals surface area contributed by atoms with E-state index in [4.69, 9.17) is 0 Å². The number of aryl methyl sites for hydroxylation is 1. The number of hydrogen-bond donors (Lipinski definition) is 3. The smallest absolute Gasteiger partial charge is 0.326 e. The van der Waals surface area contributed by atoms with Crippen LogP contribution in [0.1, 0.15) is 78.7 Å². The van der Waals surface area contributed by atoms with Crippen molar-refractivity contribution in [2.75, 3.05) is 5.32 Å². The number of nitrogens with one attached hydrogen (secondary N) is 2. The molecule has 0 spiro atoms. The van der Waals surface area contributed by atoms with E-state index in [0.29, 0.717) is 16.6 Å². The first kappa shape index (κ1) is 35.5. The second-order valence-corrected chi connectivity index (χ2v) is 12.8.